The van der Waals surface area contributed by atoms with Gasteiger partial charge < -0.3 is 29.0 Å². The van der Waals surface area contributed by atoms with Crippen LogP contribution in [0.1, 0.15) is 30.4 Å². The Kier molecular flexibility index (Phi) is 4.22. The first-order valence-electron chi connectivity index (χ1n) is 10.3. The number of methoxy groups -OCH3 is 3. The zero-order chi connectivity index (χ0) is 19.7. The lowest BCUT2D eigenvalue weighted by Gasteiger charge is -2.63. The highest BCUT2D eigenvalue weighted by Gasteiger charge is 2.72. The number of hydrogen-bond acceptors (Lipinski definition) is 6. The van der Waals surface area contributed by atoms with E-state index in [0.717, 1.165) is 43.7 Å². The number of nitrogens with zero attached hydrogens (tertiary/aromatic N) is 1. The second-order valence-electron chi connectivity index (χ2n) is 8.89. The lowest BCUT2D eigenvalue weighted by atomic mass is 9.47. The van der Waals surface area contributed by atoms with Crippen molar-refractivity contribution in [2.75, 3.05) is 41.5 Å². The maximum Gasteiger partial charge on any atom is 0.206 e. The second-order valence-corrected chi connectivity index (χ2v) is 8.89. The van der Waals surface area contributed by atoms with Gasteiger partial charge in [-0.2, -0.15) is 0 Å². The Balaban J connectivity index is 1.79. The molecule has 2 fully saturated rings. The molecule has 1 N–H and O–H groups in total. The van der Waals surface area contributed by atoms with Gasteiger partial charge in [0.15, 0.2) is 17.6 Å². The predicted octanol–water partition coefficient (Wildman–Crippen LogP) is 1.96. The molecular weight excluding hydrogens is 358 g/mol. The lowest BCUT2D eigenvalue weighted by Crippen LogP contribution is -2.72. The maximum absolute atomic E-state index is 9.86. The molecule has 1 spiro atoms. The van der Waals surface area contributed by atoms with Crippen LogP contribution in [0.25, 0.3) is 0 Å². The molecule has 4 aliphatic rings. The summed E-state index contributed by atoms with van der Waals surface area (Å²) in [6.45, 7) is 1.20. The van der Waals surface area contributed by atoms with Crippen molar-refractivity contribution in [3.63, 3.8) is 0 Å². The van der Waals surface area contributed by atoms with E-state index < -0.39 is 5.79 Å². The molecule has 3 unspecified atom stereocenters. The van der Waals surface area contributed by atoms with Crippen molar-refractivity contribution >= 4 is 0 Å². The molecule has 6 nitrogen and oxygen atoms in total. The number of aliphatic hydroxyl groups is 1. The molecule has 2 heterocycles. The zero-order valence-electron chi connectivity index (χ0n) is 17.2. The molecule has 0 aromatic heterocycles. The van der Waals surface area contributed by atoms with Gasteiger partial charge in [0.1, 0.15) is 0 Å². The highest BCUT2D eigenvalue weighted by Crippen LogP contribution is 2.67. The third kappa shape index (κ3) is 2.07. The van der Waals surface area contributed by atoms with Crippen molar-refractivity contribution in [2.45, 2.75) is 49.0 Å². The molecule has 1 saturated heterocycles. The summed E-state index contributed by atoms with van der Waals surface area (Å²) in [5.41, 5.74) is 2.50. The fourth-order valence-electron chi connectivity index (χ4n) is 7.06. The monoisotopic (exact) mass is 389 g/mol. The molecule has 0 amide bonds. The van der Waals surface area contributed by atoms with E-state index in [-0.39, 0.29) is 18.1 Å². The Bertz CT molecular complexity index is 778. The number of likely N-dealkylation sites (tertiary alicyclic amines) is 1. The summed E-state index contributed by atoms with van der Waals surface area (Å²) in [7, 11) is 7.38. The zero-order valence-corrected chi connectivity index (χ0v) is 17.2. The first kappa shape index (κ1) is 18.7. The normalized spacial score (nSPS) is 37.3. The quantitative estimate of drug-likeness (QED) is 0.777. The molecule has 0 radical (unpaired) electrons. The molecule has 1 aromatic carbocycles. The van der Waals surface area contributed by atoms with Crippen molar-refractivity contribution in [1.29, 1.82) is 0 Å². The SMILES string of the molecule is COc1ccc2c3c1O[C@H]1C(OC)(OC)C[C@H](CCO)C4C(C2)N(C)CCC341. The third-order valence-corrected chi connectivity index (χ3v) is 8.12. The lowest BCUT2D eigenvalue weighted by molar-refractivity contribution is -0.304. The largest absolute Gasteiger partial charge is 0.493 e. The Morgan fingerprint density at radius 2 is 2.04 bits per heavy atom. The topological polar surface area (TPSA) is 60.4 Å². The molecular formula is C22H31NO5. The van der Waals surface area contributed by atoms with Crippen LogP contribution >= 0.6 is 0 Å². The highest BCUT2D eigenvalue weighted by atomic mass is 16.7. The first-order valence-corrected chi connectivity index (χ1v) is 10.3. The summed E-state index contributed by atoms with van der Waals surface area (Å²) in [5, 5.41) is 9.86. The number of ether oxygens (including phenoxy) is 4. The molecule has 28 heavy (non-hydrogen) atoms. The van der Waals surface area contributed by atoms with E-state index in [1.165, 1.54) is 11.1 Å². The van der Waals surface area contributed by atoms with Crippen molar-refractivity contribution in [1.82, 2.24) is 4.90 Å². The van der Waals surface area contributed by atoms with Gasteiger partial charge in [-0.1, -0.05) is 6.07 Å². The minimum atomic E-state index is -0.824. The molecule has 154 valence electrons. The van der Waals surface area contributed by atoms with Crippen molar-refractivity contribution < 1.29 is 24.1 Å². The summed E-state index contributed by atoms with van der Waals surface area (Å²) in [4.78, 5) is 2.51. The van der Waals surface area contributed by atoms with E-state index in [1.54, 1.807) is 21.3 Å². The number of aliphatic hydroxyl groups excluding tert-OH is 1. The maximum atomic E-state index is 9.86. The van der Waals surface area contributed by atoms with Crippen LogP contribution in [-0.4, -0.2) is 69.5 Å². The number of hydrogen-bond donors (Lipinski definition) is 1. The summed E-state index contributed by atoms with van der Waals surface area (Å²) in [6, 6.07) is 4.68. The Labute approximate surface area is 166 Å². The molecule has 2 bridgehead atoms. The number of rotatable bonds is 5. The molecule has 1 saturated carbocycles. The fourth-order valence-corrected chi connectivity index (χ4v) is 7.06. The van der Waals surface area contributed by atoms with E-state index in [9.17, 15) is 5.11 Å². The summed E-state index contributed by atoms with van der Waals surface area (Å²) in [5.74, 6) is 1.56. The Hall–Kier alpha value is -1.34. The first-order chi connectivity index (χ1) is 13.6. The molecule has 5 atom stereocenters. The molecule has 2 aliphatic carbocycles. The van der Waals surface area contributed by atoms with Crippen molar-refractivity contribution in [2.24, 2.45) is 11.8 Å². The molecule has 2 aliphatic heterocycles. The minimum Gasteiger partial charge on any atom is -0.493 e. The van der Waals surface area contributed by atoms with Gasteiger partial charge in [-0.25, -0.2) is 0 Å². The summed E-state index contributed by atoms with van der Waals surface area (Å²) < 4.78 is 24.5. The predicted molar refractivity (Wildman–Crippen MR) is 104 cm³/mol. The van der Waals surface area contributed by atoms with E-state index in [4.69, 9.17) is 18.9 Å². The Morgan fingerprint density at radius 1 is 1.25 bits per heavy atom. The average molecular weight is 389 g/mol. The molecule has 6 heteroatoms. The smallest absolute Gasteiger partial charge is 0.206 e. The molecule has 5 rings (SSSR count). The summed E-state index contributed by atoms with van der Waals surface area (Å²) >= 11 is 0. The van der Waals surface area contributed by atoms with Gasteiger partial charge in [0.2, 0.25) is 5.79 Å². The van der Waals surface area contributed by atoms with Crippen LogP contribution in [-0.2, 0) is 21.3 Å². The standard InChI is InChI=1S/C22H31NO5/c1-23-9-8-21-17-14(7-10-24)12-22(26-3,27-4)20(21)28-19-16(25-2)6-5-13(18(19)21)11-15(17)23/h5-6,14-15,17,20,24H,7-12H2,1-4H3/t14-,15?,17?,20+,21?/m0/s1. The molecule has 1 aromatic rings. The van der Waals surface area contributed by atoms with E-state index in [1.807, 2.05) is 6.07 Å². The number of benzene rings is 1. The Morgan fingerprint density at radius 3 is 2.71 bits per heavy atom. The van der Waals surface area contributed by atoms with Crippen LogP contribution < -0.4 is 9.47 Å². The van der Waals surface area contributed by atoms with E-state index >= 15 is 0 Å². The number of piperidine rings is 1. The van der Waals surface area contributed by atoms with Crippen LogP contribution in [0, 0.1) is 11.8 Å². The van der Waals surface area contributed by atoms with Crippen LogP contribution in [0.4, 0.5) is 0 Å². The van der Waals surface area contributed by atoms with Gasteiger partial charge in [0.25, 0.3) is 0 Å². The average Bonchev–Trinajstić information content (AvgIpc) is 3.06. The van der Waals surface area contributed by atoms with E-state index in [2.05, 4.69) is 18.0 Å². The summed E-state index contributed by atoms with van der Waals surface area (Å²) in [6.07, 6.45) is 3.29. The fraction of sp³-hybridized carbons (Fsp3) is 0.727. The van der Waals surface area contributed by atoms with Crippen LogP contribution in [0.2, 0.25) is 0 Å². The van der Waals surface area contributed by atoms with Gasteiger partial charge in [-0.15, -0.1) is 0 Å². The highest BCUT2D eigenvalue weighted by molar-refractivity contribution is 5.61. The van der Waals surface area contributed by atoms with Gasteiger partial charge in [-0.3, -0.25) is 0 Å². The van der Waals surface area contributed by atoms with Crippen LogP contribution in [0.5, 0.6) is 11.5 Å². The minimum absolute atomic E-state index is 0.168. The van der Waals surface area contributed by atoms with Gasteiger partial charge in [0, 0.05) is 44.3 Å². The van der Waals surface area contributed by atoms with Crippen LogP contribution in [0.15, 0.2) is 12.1 Å². The second kappa shape index (κ2) is 6.33. The van der Waals surface area contributed by atoms with E-state index in [0.29, 0.717) is 17.9 Å². The van der Waals surface area contributed by atoms with Crippen molar-refractivity contribution in [3.8, 4) is 11.5 Å². The van der Waals surface area contributed by atoms with Gasteiger partial charge >= 0.3 is 0 Å². The number of likely N-dealkylation sites (N-methyl/N-ethyl adjacent to an activating group) is 1. The van der Waals surface area contributed by atoms with Gasteiger partial charge in [0.05, 0.1) is 7.11 Å². The van der Waals surface area contributed by atoms with Crippen LogP contribution in [0.3, 0.4) is 0 Å². The third-order valence-electron chi connectivity index (χ3n) is 8.12. The van der Waals surface area contributed by atoms with Crippen molar-refractivity contribution in [3.05, 3.63) is 23.3 Å². The van der Waals surface area contributed by atoms with Gasteiger partial charge in [-0.05, 0) is 56.3 Å².